The Bertz CT molecular complexity index is 353. The lowest BCUT2D eigenvalue weighted by Gasteiger charge is -2.23. The molecule has 84 valence electrons. The second-order valence-corrected chi connectivity index (χ2v) is 4.20. The molecule has 0 bridgehead atoms. The van der Waals surface area contributed by atoms with E-state index in [9.17, 15) is 0 Å². The summed E-state index contributed by atoms with van der Waals surface area (Å²) in [7, 11) is 3.27. The molecule has 3 nitrogen and oxygen atoms in total. The average Bonchev–Trinajstić information content (AvgIpc) is 2.15. The van der Waals surface area contributed by atoms with E-state index in [2.05, 4.69) is 0 Å². The van der Waals surface area contributed by atoms with E-state index in [1.54, 1.807) is 14.2 Å². The normalized spacial score (nSPS) is 11.3. The summed E-state index contributed by atoms with van der Waals surface area (Å²) < 4.78 is 10.5. The molecule has 0 atom stereocenters. The maximum absolute atomic E-state index is 6.08. The molecular weight excluding hydrogens is 190 g/mol. The summed E-state index contributed by atoms with van der Waals surface area (Å²) in [5, 5.41) is 0. The number of benzene rings is 1. The third-order valence-electron chi connectivity index (χ3n) is 2.49. The molecule has 15 heavy (non-hydrogen) atoms. The van der Waals surface area contributed by atoms with Gasteiger partial charge in [-0.3, -0.25) is 0 Å². The van der Waals surface area contributed by atoms with Crippen LogP contribution in [0.4, 0.5) is 0 Å². The molecule has 0 spiro atoms. The van der Waals surface area contributed by atoms with Gasteiger partial charge in [0, 0.05) is 5.54 Å². The Morgan fingerprint density at radius 1 is 1.13 bits per heavy atom. The smallest absolute Gasteiger partial charge is 0.163 e. The van der Waals surface area contributed by atoms with Crippen LogP contribution in [-0.4, -0.2) is 14.2 Å². The van der Waals surface area contributed by atoms with Crippen molar-refractivity contribution in [3.05, 3.63) is 23.3 Å². The van der Waals surface area contributed by atoms with E-state index < -0.39 is 0 Å². The third kappa shape index (κ3) is 2.23. The van der Waals surface area contributed by atoms with Crippen molar-refractivity contribution in [2.45, 2.75) is 26.3 Å². The molecule has 0 aromatic heterocycles. The van der Waals surface area contributed by atoms with E-state index in [1.807, 2.05) is 32.9 Å². The first-order chi connectivity index (χ1) is 6.91. The Labute approximate surface area is 91.2 Å². The van der Waals surface area contributed by atoms with Gasteiger partial charge in [-0.05, 0) is 38.0 Å². The molecule has 2 N–H and O–H groups in total. The Balaban J connectivity index is 3.36. The molecule has 0 saturated carbocycles. The van der Waals surface area contributed by atoms with Crippen molar-refractivity contribution in [2.24, 2.45) is 5.73 Å². The number of hydrogen-bond acceptors (Lipinski definition) is 3. The summed E-state index contributed by atoms with van der Waals surface area (Å²) in [6, 6.07) is 3.87. The van der Waals surface area contributed by atoms with Gasteiger partial charge >= 0.3 is 0 Å². The zero-order valence-electron chi connectivity index (χ0n) is 10.0. The highest BCUT2D eigenvalue weighted by atomic mass is 16.5. The first-order valence-electron chi connectivity index (χ1n) is 4.92. The van der Waals surface area contributed by atoms with Gasteiger partial charge in [0.1, 0.15) is 0 Å². The maximum Gasteiger partial charge on any atom is 0.163 e. The number of nitrogens with two attached hydrogens (primary N) is 1. The van der Waals surface area contributed by atoms with E-state index in [0.717, 1.165) is 22.6 Å². The Hall–Kier alpha value is -1.22. The molecule has 0 aliphatic heterocycles. The van der Waals surface area contributed by atoms with Crippen molar-refractivity contribution in [1.82, 2.24) is 0 Å². The summed E-state index contributed by atoms with van der Waals surface area (Å²) in [6.07, 6.45) is 0. The summed E-state index contributed by atoms with van der Waals surface area (Å²) in [5.74, 6) is 1.50. The number of hydrogen-bond donors (Lipinski definition) is 1. The summed E-state index contributed by atoms with van der Waals surface area (Å²) in [5.41, 5.74) is 7.81. The monoisotopic (exact) mass is 209 g/mol. The van der Waals surface area contributed by atoms with Gasteiger partial charge in [0.15, 0.2) is 11.5 Å². The average molecular weight is 209 g/mol. The zero-order valence-corrected chi connectivity index (χ0v) is 10.0. The molecular formula is C12H19NO2. The fraction of sp³-hybridized carbons (Fsp3) is 0.500. The van der Waals surface area contributed by atoms with Gasteiger partial charge in [-0.15, -0.1) is 0 Å². The van der Waals surface area contributed by atoms with Crippen molar-refractivity contribution in [3.8, 4) is 11.5 Å². The number of rotatable bonds is 3. The molecule has 0 fully saturated rings. The van der Waals surface area contributed by atoms with Gasteiger partial charge in [0.2, 0.25) is 0 Å². The molecule has 0 unspecified atom stereocenters. The standard InChI is InChI=1S/C12H19NO2/c1-8-9(12(2,3)13)6-7-10(14-4)11(8)15-5/h6-7H,13H2,1-5H3. The van der Waals surface area contributed by atoms with Crippen molar-refractivity contribution in [1.29, 1.82) is 0 Å². The molecule has 0 aliphatic carbocycles. The van der Waals surface area contributed by atoms with E-state index in [-0.39, 0.29) is 5.54 Å². The van der Waals surface area contributed by atoms with Gasteiger partial charge < -0.3 is 15.2 Å². The van der Waals surface area contributed by atoms with E-state index in [1.165, 1.54) is 0 Å². The van der Waals surface area contributed by atoms with Crippen LogP contribution < -0.4 is 15.2 Å². The Morgan fingerprint density at radius 3 is 2.13 bits per heavy atom. The minimum atomic E-state index is -0.371. The van der Waals surface area contributed by atoms with Gasteiger partial charge in [0.25, 0.3) is 0 Å². The van der Waals surface area contributed by atoms with Gasteiger partial charge in [0.05, 0.1) is 14.2 Å². The highest BCUT2D eigenvalue weighted by Crippen LogP contribution is 2.35. The lowest BCUT2D eigenvalue weighted by molar-refractivity contribution is 0.351. The lowest BCUT2D eigenvalue weighted by atomic mass is 9.91. The highest BCUT2D eigenvalue weighted by molar-refractivity contribution is 5.51. The summed E-state index contributed by atoms with van der Waals surface area (Å²) >= 11 is 0. The Kier molecular flexibility index (Phi) is 3.25. The first kappa shape index (κ1) is 11.9. The van der Waals surface area contributed by atoms with Crippen molar-refractivity contribution in [3.63, 3.8) is 0 Å². The van der Waals surface area contributed by atoms with Crippen LogP contribution in [-0.2, 0) is 5.54 Å². The van der Waals surface area contributed by atoms with Crippen LogP contribution in [0.15, 0.2) is 12.1 Å². The van der Waals surface area contributed by atoms with Gasteiger partial charge in [-0.1, -0.05) is 6.07 Å². The van der Waals surface area contributed by atoms with Crippen LogP contribution in [0.25, 0.3) is 0 Å². The topological polar surface area (TPSA) is 44.5 Å². The Morgan fingerprint density at radius 2 is 1.73 bits per heavy atom. The van der Waals surface area contributed by atoms with Crippen LogP contribution in [0, 0.1) is 6.92 Å². The minimum Gasteiger partial charge on any atom is -0.493 e. The number of methoxy groups -OCH3 is 2. The molecule has 0 amide bonds. The molecule has 0 aliphatic rings. The SMILES string of the molecule is COc1ccc(C(C)(C)N)c(C)c1OC. The van der Waals surface area contributed by atoms with Crippen LogP contribution in [0.1, 0.15) is 25.0 Å². The molecule has 1 rings (SSSR count). The highest BCUT2D eigenvalue weighted by Gasteiger charge is 2.20. The molecule has 0 heterocycles. The maximum atomic E-state index is 6.08. The van der Waals surface area contributed by atoms with Crippen molar-refractivity contribution >= 4 is 0 Å². The second kappa shape index (κ2) is 4.11. The summed E-state index contributed by atoms with van der Waals surface area (Å²) in [6.45, 7) is 5.94. The van der Waals surface area contributed by atoms with Crippen LogP contribution in [0.3, 0.4) is 0 Å². The fourth-order valence-corrected chi connectivity index (χ4v) is 1.78. The van der Waals surface area contributed by atoms with Crippen molar-refractivity contribution in [2.75, 3.05) is 14.2 Å². The largest absolute Gasteiger partial charge is 0.493 e. The van der Waals surface area contributed by atoms with Crippen LogP contribution in [0.2, 0.25) is 0 Å². The fourth-order valence-electron chi connectivity index (χ4n) is 1.78. The van der Waals surface area contributed by atoms with E-state index >= 15 is 0 Å². The van der Waals surface area contributed by atoms with E-state index in [0.29, 0.717) is 0 Å². The molecule has 1 aromatic carbocycles. The van der Waals surface area contributed by atoms with Crippen LogP contribution >= 0.6 is 0 Å². The van der Waals surface area contributed by atoms with Gasteiger partial charge in [-0.2, -0.15) is 0 Å². The van der Waals surface area contributed by atoms with Gasteiger partial charge in [-0.25, -0.2) is 0 Å². The number of ether oxygens (including phenoxy) is 2. The van der Waals surface area contributed by atoms with E-state index in [4.69, 9.17) is 15.2 Å². The zero-order chi connectivity index (χ0) is 11.6. The second-order valence-electron chi connectivity index (χ2n) is 4.20. The molecule has 0 radical (unpaired) electrons. The third-order valence-corrected chi connectivity index (χ3v) is 2.49. The molecule has 3 heteroatoms. The molecule has 0 saturated heterocycles. The minimum absolute atomic E-state index is 0.371. The molecule has 1 aromatic rings. The van der Waals surface area contributed by atoms with Crippen LogP contribution in [0.5, 0.6) is 11.5 Å². The predicted octanol–water partition coefficient (Wildman–Crippen LogP) is 2.21. The summed E-state index contributed by atoms with van der Waals surface area (Å²) in [4.78, 5) is 0. The van der Waals surface area contributed by atoms with Crippen molar-refractivity contribution < 1.29 is 9.47 Å². The lowest BCUT2D eigenvalue weighted by Crippen LogP contribution is -2.29. The quantitative estimate of drug-likeness (QED) is 0.830. The predicted molar refractivity (Wildman–Crippen MR) is 61.5 cm³/mol. The first-order valence-corrected chi connectivity index (χ1v) is 4.92.